The summed E-state index contributed by atoms with van der Waals surface area (Å²) < 4.78 is 24.6. The third-order valence-electron chi connectivity index (χ3n) is 27.4. The van der Waals surface area contributed by atoms with Crippen LogP contribution in [0.25, 0.3) is 77.2 Å². The minimum Gasteiger partial charge on any atom is -0.506 e. The molecule has 19 rings (SSSR count). The number of benzene rings is 13. The predicted molar refractivity (Wildman–Crippen MR) is 632 cm³/mol. The van der Waals surface area contributed by atoms with E-state index in [4.69, 9.17) is 10.5 Å². The number of phenolic OH excluding ortho intramolecular Hbond substituents is 4. The predicted octanol–water partition coefficient (Wildman–Crippen LogP) is 38.2. The van der Waals surface area contributed by atoms with Gasteiger partial charge in [-0.1, -0.05) is 158 Å². The summed E-state index contributed by atoms with van der Waals surface area (Å²) in [6.07, 6.45) is 17.9. The number of phenols is 4. The number of halogens is 4. The summed E-state index contributed by atoms with van der Waals surface area (Å²) in [4.78, 5) is 8.22. The Morgan fingerprint density at radius 2 is 0.531 bits per heavy atom. The maximum atomic E-state index is 12.4. The molecule has 4 aliphatic rings. The molecule has 0 fully saturated rings. The van der Waals surface area contributed by atoms with Crippen LogP contribution in [0.15, 0.2) is 216 Å². The first-order valence-corrected chi connectivity index (χ1v) is 61.2. The average molecular weight is 2470 g/mol. The van der Waals surface area contributed by atoms with Crippen LogP contribution in [0.3, 0.4) is 0 Å². The van der Waals surface area contributed by atoms with E-state index >= 15 is 0 Å². The van der Waals surface area contributed by atoms with E-state index in [1.54, 1.807) is 0 Å². The van der Waals surface area contributed by atoms with Crippen LogP contribution in [0, 0.1) is 141 Å². The molecule has 2 heterocycles. The summed E-state index contributed by atoms with van der Waals surface area (Å²) in [6, 6.07) is 65.8. The van der Waals surface area contributed by atoms with Crippen molar-refractivity contribution in [1.29, 1.82) is 0 Å². The molecule has 0 unspecified atom stereocenters. The third kappa shape index (κ3) is 30.6. The van der Waals surface area contributed by atoms with Crippen molar-refractivity contribution in [3.8, 4) is 78.6 Å². The first-order valence-electron chi connectivity index (χ1n) is 51.9. The number of aromatic hydroxyl groups is 4. The summed E-state index contributed by atoms with van der Waals surface area (Å²) in [5, 5.41) is 49.4. The first-order chi connectivity index (χ1) is 69.6. The molecule has 16 heteroatoms. The number of aromatic nitrogens is 2. The van der Waals surface area contributed by atoms with Gasteiger partial charge < -0.3 is 30.4 Å². The summed E-state index contributed by atoms with van der Waals surface area (Å²) in [5.74, 6) is 1.29. The molecule has 0 saturated heterocycles. The van der Waals surface area contributed by atoms with Gasteiger partial charge in [0.2, 0.25) is 0 Å². The molecule has 15 aromatic rings. The van der Waals surface area contributed by atoms with Gasteiger partial charge in [0.15, 0.2) is 0 Å². The maximum Gasteiger partial charge on any atom is 0.138 e. The van der Waals surface area contributed by atoms with Crippen molar-refractivity contribution in [2.45, 2.75) is 290 Å². The molecular weight excluding hydrogens is 2310 g/mol. The Bertz CT molecular complexity index is 6920. The molecule has 0 spiro atoms. The number of hydrogen-bond donors (Lipinski definition) is 4. The van der Waals surface area contributed by atoms with Crippen molar-refractivity contribution >= 4 is 116 Å². The van der Waals surface area contributed by atoms with Crippen LogP contribution in [0.5, 0.6) is 23.0 Å². The Labute approximate surface area is 936 Å². The SMILES string of the molecule is Cc1c(Br)cc2ccccc2c1-c1c(O)c(Br)cc2ccccc12.Cc1cc(C)c(-c2cc3c(c(-c4c(O)c(-c5c(C)cc(C)cc5C)cc5c4CCCC5)c2C)CCCC3)c(C)c1.Cc1ccc(C)[n-]1.Cc1ccc(C)[n-]1.Cc1cccc(C)c1[N]=[Mo]=[CH]C(C)(C)C.Cc1cccc(C)c1[N]=[Mo]=[CH]C(C)(C)C.Cc1cccc(C)c1[N]=[Mo]=[CH]C(C)(C)C.Oc1c(Br)cc2c(c1-c1c(O)c(Br)cc3c1CCCC3)CCCC2. The van der Waals surface area contributed by atoms with Gasteiger partial charge in [0.05, 0.1) is 13.4 Å². The molecule has 4 aliphatic carbocycles. The molecule has 9 nitrogen and oxygen atoms in total. The van der Waals surface area contributed by atoms with Gasteiger partial charge in [-0.05, 0) is 363 Å². The van der Waals surface area contributed by atoms with Gasteiger partial charge in [-0.25, -0.2) is 0 Å². The fraction of sp³-hybridized carbons (Fsp3) is 0.351. The second-order valence-corrected chi connectivity index (χ2v) is 51.8. The minimum atomic E-state index is -0.355. The van der Waals surface area contributed by atoms with Gasteiger partial charge in [-0.2, -0.15) is 22.8 Å². The van der Waals surface area contributed by atoms with Crippen molar-refractivity contribution in [3.63, 3.8) is 0 Å². The molecular formula is C131H151Br4Mo3N5O4-2. The Morgan fingerprint density at radius 1 is 0.259 bits per heavy atom. The van der Waals surface area contributed by atoms with Gasteiger partial charge >= 0.3 is 303 Å². The molecule has 0 amide bonds. The number of nitrogens with zero attached hydrogens (tertiary/aromatic N) is 5. The zero-order valence-corrected chi connectivity index (χ0v) is 104. The monoisotopic (exact) mass is 2470 g/mol. The fourth-order valence-electron chi connectivity index (χ4n) is 20.5. The molecule has 0 radical (unpaired) electrons. The van der Waals surface area contributed by atoms with Crippen LogP contribution in [-0.4, -0.2) is 33.6 Å². The van der Waals surface area contributed by atoms with Crippen LogP contribution in [0.4, 0.5) is 17.1 Å². The average Bonchev–Trinajstić information content (AvgIpc) is 1.78. The quantitative estimate of drug-likeness (QED) is 0.111. The van der Waals surface area contributed by atoms with Gasteiger partial charge in [0.25, 0.3) is 0 Å². The second kappa shape index (κ2) is 52.4. The van der Waals surface area contributed by atoms with Crippen LogP contribution >= 0.6 is 63.7 Å². The van der Waals surface area contributed by atoms with E-state index in [2.05, 4.69) is 380 Å². The molecule has 0 atom stereocenters. The summed E-state index contributed by atoms with van der Waals surface area (Å²) in [7, 11) is 0. The van der Waals surface area contributed by atoms with Gasteiger partial charge in [0, 0.05) is 32.3 Å². The van der Waals surface area contributed by atoms with E-state index in [1.807, 2.05) is 82.3 Å². The number of aryl methyl sites for hydroxylation is 20. The van der Waals surface area contributed by atoms with E-state index in [0.29, 0.717) is 26.5 Å². The standard InChI is InChI=1S/C39H44O.C21H14Br2O.C20H20Br2O2.3C8H9N.2C6H8N.3C5H10.3Mo/c1-22-16-24(3)35(25(4)17-22)33-20-29-12-8-10-14-31(29)37(28(33)7)38-32-15-11-9-13-30(32)21-34(39(38)40)36-26(5)18-23(2)19-27(36)6;1-12-17(22)10-13-6-2-4-8-15(13)19(12)20-16-9-5-3-7-14(16)11-18(23)21(20)24;21-15-9-11-5-1-3-7-13(11)17(19(15)23)18-14-8-4-2-6-12(14)10-16(22)20(18)24;3*1-6-4-3-5-7(2)8(6)9;2*1-5-3-4-6(2)7-5;3*1-5(2,3)4;;;/h16-21,40H,8-15H2,1-7H3;2-11,24H,1H3;9-10,23-24H,1-8H2;3*3-5H,1-2H3;2*3-4H,1-2H3;3*1H,2-4H3;;;/q;;;;;;2*-1;;;;;;. The Morgan fingerprint density at radius 3 is 0.857 bits per heavy atom. The fourth-order valence-corrected chi connectivity index (χ4v) is 27.9. The van der Waals surface area contributed by atoms with Gasteiger partial charge in [-0.3, -0.25) is 0 Å². The van der Waals surface area contributed by atoms with Crippen molar-refractivity contribution in [2.75, 3.05) is 0 Å². The molecule has 0 saturated carbocycles. The van der Waals surface area contributed by atoms with Crippen LogP contribution in [0.2, 0.25) is 0 Å². The summed E-state index contributed by atoms with van der Waals surface area (Å²) >= 11 is 13.2. The second-order valence-electron chi connectivity index (χ2n) is 43.8. The third-order valence-corrected chi connectivity index (χ3v) is 38.1. The molecule has 13 aromatic carbocycles. The zero-order chi connectivity index (χ0) is 107. The smallest absolute Gasteiger partial charge is 0.138 e. The Hall–Kier alpha value is -8.87. The Balaban J connectivity index is 0.000000158. The molecule has 147 heavy (non-hydrogen) atoms. The largest absolute Gasteiger partial charge is 0.506 e. The van der Waals surface area contributed by atoms with Crippen molar-refractivity contribution in [1.82, 2.24) is 9.97 Å². The molecule has 772 valence electrons. The van der Waals surface area contributed by atoms with E-state index in [-0.39, 0.29) is 71.0 Å². The number of rotatable bonds is 8. The maximum absolute atomic E-state index is 12.4. The summed E-state index contributed by atoms with van der Waals surface area (Å²) in [5.41, 5.74) is 48.8. The molecule has 0 aliphatic heterocycles. The number of fused-ring (bicyclic) bond motifs is 6. The normalized spacial score (nSPS) is 12.8. The summed E-state index contributed by atoms with van der Waals surface area (Å²) in [6.45, 7) is 58.6. The first kappa shape index (κ1) is 117. The van der Waals surface area contributed by atoms with E-state index < -0.39 is 0 Å². The van der Waals surface area contributed by atoms with Crippen molar-refractivity contribution in [2.24, 2.45) is 26.7 Å². The van der Waals surface area contributed by atoms with Crippen LogP contribution < -0.4 is 9.97 Å². The Kier molecular flexibility index (Phi) is 41.7. The molecule has 2 aromatic heterocycles. The minimum absolute atomic E-state index is 0.261. The number of hydrogen-bond acceptors (Lipinski definition) is 7. The van der Waals surface area contributed by atoms with E-state index in [9.17, 15) is 20.4 Å². The van der Waals surface area contributed by atoms with Crippen LogP contribution in [0.1, 0.15) is 259 Å². The topological polar surface area (TPSA) is 146 Å². The van der Waals surface area contributed by atoms with E-state index in [1.165, 1.54) is 195 Å². The zero-order valence-electron chi connectivity index (χ0n) is 91.7. The van der Waals surface area contributed by atoms with Crippen molar-refractivity contribution in [3.05, 3.63) is 351 Å². The van der Waals surface area contributed by atoms with Crippen LogP contribution in [-0.2, 0) is 105 Å². The van der Waals surface area contributed by atoms with E-state index in [0.717, 1.165) is 161 Å². The molecule has 4 N–H and O–H groups in total. The van der Waals surface area contributed by atoms with Gasteiger partial charge in [-0.15, -0.1) is 0 Å². The molecule has 0 bridgehead atoms. The van der Waals surface area contributed by atoms with Crippen molar-refractivity contribution < 1.29 is 74.2 Å². The van der Waals surface area contributed by atoms with Gasteiger partial charge in [0.1, 0.15) is 23.0 Å².